The number of amides is 1. The van der Waals surface area contributed by atoms with Crippen LogP contribution in [-0.4, -0.2) is 20.0 Å². The Labute approximate surface area is 108 Å². The second-order valence-corrected chi connectivity index (χ2v) is 4.85. The molecule has 2 aromatic rings. The maximum atomic E-state index is 12.4. The van der Waals surface area contributed by atoms with Gasteiger partial charge in [0.15, 0.2) is 0 Å². The van der Waals surface area contributed by atoms with Gasteiger partial charge in [-0.1, -0.05) is 48.5 Å². The van der Waals surface area contributed by atoms with Gasteiger partial charge in [-0.2, -0.15) is 0 Å². The molecule has 0 aliphatic carbocycles. The van der Waals surface area contributed by atoms with Crippen LogP contribution in [0.5, 0.6) is 0 Å². The molecule has 0 atom stereocenters. The number of hydrogen-bond donors (Lipinski definition) is 0. The molecule has 0 radical (unpaired) electrons. The van der Waals surface area contributed by atoms with E-state index in [0.29, 0.717) is 6.42 Å². The average Bonchev–Trinajstić information content (AvgIpc) is 2.41. The fraction of sp³-hybridized carbons (Fsp3) is 0.188. The van der Waals surface area contributed by atoms with Crippen LogP contribution in [0.2, 0.25) is 0 Å². The number of benzene rings is 2. The molecule has 2 rings (SSSR count). The Hall–Kier alpha value is -1.93. The third kappa shape index (κ3) is 2.66. The first-order valence-electron chi connectivity index (χ1n) is 6.07. The lowest BCUT2D eigenvalue weighted by molar-refractivity contribution is -0.127. The summed E-state index contributed by atoms with van der Waals surface area (Å²) in [4.78, 5) is 12.4. The van der Waals surface area contributed by atoms with Crippen LogP contribution >= 0.6 is 0 Å². The maximum absolute atomic E-state index is 12.4. The quantitative estimate of drug-likeness (QED) is 0.754. The number of likely N-dealkylation sites (N-methyl/N-ethyl adjacent to an activating group) is 1. The van der Waals surface area contributed by atoms with Gasteiger partial charge >= 0.3 is 5.91 Å². The molecule has 0 bridgehead atoms. The Kier molecular flexibility index (Phi) is 3.58. The van der Waals surface area contributed by atoms with Crippen molar-refractivity contribution in [3.05, 3.63) is 66.2 Å². The number of para-hydroxylation sites is 1. The van der Waals surface area contributed by atoms with Crippen LogP contribution in [0.25, 0.3) is 0 Å². The molecule has 2 heteroatoms. The summed E-state index contributed by atoms with van der Waals surface area (Å²) in [5.74, 6) is 0.187. The molecule has 0 aliphatic rings. The van der Waals surface area contributed by atoms with Crippen molar-refractivity contribution >= 4 is 11.6 Å². The summed E-state index contributed by atoms with van der Waals surface area (Å²) in [5.41, 5.74) is 2.07. The highest BCUT2D eigenvalue weighted by Gasteiger charge is 2.28. The van der Waals surface area contributed by atoms with Crippen molar-refractivity contribution in [3.8, 4) is 0 Å². The molecule has 0 N–H and O–H groups in total. The van der Waals surface area contributed by atoms with Gasteiger partial charge in [-0.05, 0) is 17.7 Å². The number of nitrogens with zero attached hydrogens (tertiary/aromatic N) is 1. The fourth-order valence-electron chi connectivity index (χ4n) is 1.91. The lowest BCUT2D eigenvalue weighted by Gasteiger charge is -2.26. The van der Waals surface area contributed by atoms with Gasteiger partial charge in [0.05, 0.1) is 20.5 Å². The first kappa shape index (κ1) is 12.5. The molecule has 0 aromatic heterocycles. The standard InChI is InChI=1S/C16H18NO/c1-17(2,15-11-7-4-8-12-15)16(18)13-14-9-5-3-6-10-14/h3-12H,13H2,1-2H3/q+1. The van der Waals surface area contributed by atoms with E-state index in [2.05, 4.69) is 0 Å². The van der Waals surface area contributed by atoms with Crippen molar-refractivity contribution in [1.29, 1.82) is 0 Å². The number of rotatable bonds is 3. The van der Waals surface area contributed by atoms with E-state index in [0.717, 1.165) is 11.3 Å². The van der Waals surface area contributed by atoms with Crippen LogP contribution in [0.4, 0.5) is 5.69 Å². The average molecular weight is 240 g/mol. The van der Waals surface area contributed by atoms with E-state index in [9.17, 15) is 4.79 Å². The molecule has 0 heterocycles. The first-order chi connectivity index (χ1) is 8.60. The monoisotopic (exact) mass is 240 g/mol. The molecule has 92 valence electrons. The minimum Gasteiger partial charge on any atom is -0.233 e. The van der Waals surface area contributed by atoms with Crippen molar-refractivity contribution < 1.29 is 4.79 Å². The van der Waals surface area contributed by atoms with E-state index in [1.807, 2.05) is 74.8 Å². The van der Waals surface area contributed by atoms with Crippen molar-refractivity contribution in [2.45, 2.75) is 6.42 Å². The maximum Gasteiger partial charge on any atom is 0.322 e. The molecule has 0 saturated heterocycles. The van der Waals surface area contributed by atoms with Crippen molar-refractivity contribution in [1.82, 2.24) is 4.48 Å². The van der Waals surface area contributed by atoms with E-state index in [1.54, 1.807) is 0 Å². The van der Waals surface area contributed by atoms with Gasteiger partial charge in [-0.25, -0.2) is 9.28 Å². The molecule has 2 aromatic carbocycles. The molecular formula is C16H18NO+. The third-order valence-electron chi connectivity index (χ3n) is 3.22. The Morgan fingerprint density at radius 2 is 1.39 bits per heavy atom. The van der Waals surface area contributed by atoms with Crippen molar-refractivity contribution in [2.75, 3.05) is 14.1 Å². The van der Waals surface area contributed by atoms with E-state index in [-0.39, 0.29) is 10.4 Å². The highest BCUT2D eigenvalue weighted by molar-refractivity contribution is 5.89. The fourth-order valence-corrected chi connectivity index (χ4v) is 1.91. The summed E-state index contributed by atoms with van der Waals surface area (Å²) >= 11 is 0. The SMILES string of the molecule is C[N+](C)(C(=O)Cc1ccccc1)c1ccccc1. The molecule has 0 aliphatic heterocycles. The highest BCUT2D eigenvalue weighted by atomic mass is 16.2. The first-order valence-corrected chi connectivity index (χ1v) is 6.07. The number of carbonyl (C=O) groups is 1. The van der Waals surface area contributed by atoms with Crippen LogP contribution in [-0.2, 0) is 11.2 Å². The van der Waals surface area contributed by atoms with Gasteiger partial charge in [0, 0.05) is 0 Å². The predicted octanol–water partition coefficient (Wildman–Crippen LogP) is 3.02. The largest absolute Gasteiger partial charge is 0.322 e. The van der Waals surface area contributed by atoms with Crippen LogP contribution in [0, 0.1) is 0 Å². The summed E-state index contributed by atoms with van der Waals surface area (Å²) in [6, 6.07) is 19.7. The smallest absolute Gasteiger partial charge is 0.233 e. The topological polar surface area (TPSA) is 17.1 Å². The summed E-state index contributed by atoms with van der Waals surface area (Å²) in [6.07, 6.45) is 0.461. The molecule has 1 amide bonds. The lowest BCUT2D eigenvalue weighted by Crippen LogP contribution is -2.47. The zero-order valence-corrected chi connectivity index (χ0v) is 10.8. The molecule has 0 unspecified atom stereocenters. The Morgan fingerprint density at radius 1 is 0.889 bits per heavy atom. The van der Waals surface area contributed by atoms with E-state index >= 15 is 0 Å². The van der Waals surface area contributed by atoms with Gasteiger partial charge in [0.1, 0.15) is 5.69 Å². The zero-order chi connectivity index (χ0) is 13.0. The summed E-state index contributed by atoms with van der Waals surface area (Å²) < 4.78 is 0.274. The summed E-state index contributed by atoms with van der Waals surface area (Å²) in [6.45, 7) is 0. The van der Waals surface area contributed by atoms with Gasteiger partial charge in [-0.3, -0.25) is 0 Å². The third-order valence-corrected chi connectivity index (χ3v) is 3.22. The molecular weight excluding hydrogens is 222 g/mol. The minimum atomic E-state index is 0.187. The molecule has 0 spiro atoms. The van der Waals surface area contributed by atoms with Crippen LogP contribution in [0.15, 0.2) is 60.7 Å². The predicted molar refractivity (Wildman–Crippen MR) is 75.2 cm³/mol. The zero-order valence-electron chi connectivity index (χ0n) is 10.8. The second-order valence-electron chi connectivity index (χ2n) is 4.85. The lowest BCUT2D eigenvalue weighted by atomic mass is 10.1. The number of quaternary nitrogens is 1. The van der Waals surface area contributed by atoms with Crippen molar-refractivity contribution in [3.63, 3.8) is 0 Å². The Morgan fingerprint density at radius 3 is 1.94 bits per heavy atom. The number of carbonyl (C=O) groups excluding carboxylic acids is 1. The van der Waals surface area contributed by atoms with E-state index in [4.69, 9.17) is 0 Å². The van der Waals surface area contributed by atoms with Gasteiger partial charge in [0.2, 0.25) is 0 Å². The normalized spacial score (nSPS) is 11.2. The van der Waals surface area contributed by atoms with E-state index < -0.39 is 0 Å². The molecule has 2 nitrogen and oxygen atoms in total. The summed E-state index contributed by atoms with van der Waals surface area (Å²) in [5, 5.41) is 0. The van der Waals surface area contributed by atoms with Crippen LogP contribution in [0.3, 0.4) is 0 Å². The summed E-state index contributed by atoms with van der Waals surface area (Å²) in [7, 11) is 3.86. The van der Waals surface area contributed by atoms with Gasteiger partial charge in [-0.15, -0.1) is 0 Å². The van der Waals surface area contributed by atoms with Crippen LogP contribution < -0.4 is 4.48 Å². The molecule has 18 heavy (non-hydrogen) atoms. The molecule has 0 fully saturated rings. The second kappa shape index (κ2) is 5.15. The Balaban J connectivity index is 2.18. The van der Waals surface area contributed by atoms with E-state index in [1.165, 1.54) is 0 Å². The Bertz CT molecular complexity index is 517. The minimum absolute atomic E-state index is 0.187. The van der Waals surface area contributed by atoms with Crippen molar-refractivity contribution in [2.24, 2.45) is 0 Å². The van der Waals surface area contributed by atoms with Gasteiger partial charge < -0.3 is 0 Å². The highest BCUT2D eigenvalue weighted by Crippen LogP contribution is 2.19. The van der Waals surface area contributed by atoms with Gasteiger partial charge in [0.25, 0.3) is 0 Å². The number of hydrogen-bond acceptors (Lipinski definition) is 1. The van der Waals surface area contributed by atoms with Crippen LogP contribution in [0.1, 0.15) is 5.56 Å². The molecule has 0 saturated carbocycles.